The molecule has 0 fully saturated rings. The second-order valence-corrected chi connectivity index (χ2v) is 8.21. The number of carbonyl (C=O) groups excluding carboxylic acids is 1. The zero-order valence-corrected chi connectivity index (χ0v) is 19.4. The summed E-state index contributed by atoms with van der Waals surface area (Å²) >= 11 is 0. The van der Waals surface area contributed by atoms with Crippen LogP contribution in [0.4, 0.5) is 5.69 Å². The van der Waals surface area contributed by atoms with E-state index in [0.717, 1.165) is 22.6 Å². The highest BCUT2D eigenvalue weighted by Gasteiger charge is 2.33. The summed E-state index contributed by atoms with van der Waals surface area (Å²) < 4.78 is 6.72. The van der Waals surface area contributed by atoms with E-state index in [9.17, 15) is 14.9 Å². The summed E-state index contributed by atoms with van der Waals surface area (Å²) in [5, 5.41) is 21.5. The Hall–Kier alpha value is -4.86. The van der Waals surface area contributed by atoms with Crippen molar-refractivity contribution >= 4 is 17.3 Å². The van der Waals surface area contributed by atoms with Gasteiger partial charge in [-0.25, -0.2) is 14.7 Å². The average molecular weight is 483 g/mol. The van der Waals surface area contributed by atoms with E-state index in [1.807, 2.05) is 54.6 Å². The first kappa shape index (κ1) is 22.9. The van der Waals surface area contributed by atoms with Crippen LogP contribution in [0.5, 0.6) is 5.75 Å². The molecule has 1 atom stereocenters. The molecule has 1 aromatic heterocycles. The maximum Gasteiger partial charge on any atom is 0.269 e. The number of rotatable bonds is 7. The van der Waals surface area contributed by atoms with Crippen molar-refractivity contribution in [2.45, 2.75) is 19.0 Å². The molecule has 0 saturated carbocycles. The average Bonchev–Trinajstić information content (AvgIpc) is 3.57. The molecule has 1 amide bonds. The number of hydrogen-bond donors (Lipinski definition) is 0. The van der Waals surface area contributed by atoms with Crippen molar-refractivity contribution in [1.29, 1.82) is 0 Å². The van der Waals surface area contributed by atoms with E-state index in [0.29, 0.717) is 17.8 Å². The summed E-state index contributed by atoms with van der Waals surface area (Å²) in [7, 11) is 1.61. The van der Waals surface area contributed by atoms with Crippen LogP contribution in [0.2, 0.25) is 0 Å². The molecule has 10 nitrogen and oxygen atoms in total. The molecule has 5 rings (SSSR count). The van der Waals surface area contributed by atoms with Gasteiger partial charge in [-0.2, -0.15) is 10.2 Å². The van der Waals surface area contributed by atoms with Crippen LogP contribution in [0, 0.1) is 10.1 Å². The van der Waals surface area contributed by atoms with Crippen LogP contribution in [-0.4, -0.2) is 43.4 Å². The van der Waals surface area contributed by atoms with Crippen LogP contribution in [0.15, 0.2) is 90.3 Å². The predicted octanol–water partition coefficient (Wildman–Crippen LogP) is 4.24. The van der Waals surface area contributed by atoms with Crippen molar-refractivity contribution in [3.05, 3.63) is 106 Å². The summed E-state index contributed by atoms with van der Waals surface area (Å²) in [6.45, 7) is -0.0573. The molecule has 0 bridgehead atoms. The number of aromatic nitrogens is 3. The van der Waals surface area contributed by atoms with E-state index in [1.165, 1.54) is 28.2 Å². The topological polar surface area (TPSA) is 116 Å². The second kappa shape index (κ2) is 9.79. The van der Waals surface area contributed by atoms with E-state index < -0.39 is 4.92 Å². The van der Waals surface area contributed by atoms with Crippen molar-refractivity contribution in [3.63, 3.8) is 0 Å². The van der Waals surface area contributed by atoms with Crippen LogP contribution in [0.25, 0.3) is 11.4 Å². The van der Waals surface area contributed by atoms with Crippen molar-refractivity contribution in [1.82, 2.24) is 19.8 Å². The smallest absolute Gasteiger partial charge is 0.269 e. The van der Waals surface area contributed by atoms with Gasteiger partial charge in [0, 0.05) is 24.1 Å². The number of amides is 1. The van der Waals surface area contributed by atoms with Gasteiger partial charge in [0.15, 0.2) is 5.82 Å². The molecule has 10 heteroatoms. The van der Waals surface area contributed by atoms with E-state index >= 15 is 0 Å². The standard InChI is InChI=1S/C26H22N6O4/c1-36-22-13-9-19(10-14-22)24-15-23(18-5-3-2-4-6-18)28-31(24)25(33)16-30-17-27-26(29-30)20-7-11-21(12-8-20)32(34)35/h2-14,17,24H,15-16H2,1H3. The number of carbonyl (C=O) groups is 1. The summed E-state index contributed by atoms with van der Waals surface area (Å²) in [5.74, 6) is 0.876. The number of non-ortho nitro benzene ring substituents is 1. The molecular formula is C26H22N6O4. The van der Waals surface area contributed by atoms with Crippen LogP contribution in [-0.2, 0) is 11.3 Å². The normalized spacial score (nSPS) is 15.0. The maximum absolute atomic E-state index is 13.4. The van der Waals surface area contributed by atoms with E-state index in [2.05, 4.69) is 15.2 Å². The Morgan fingerprint density at radius 3 is 2.42 bits per heavy atom. The summed E-state index contributed by atoms with van der Waals surface area (Å²) in [6.07, 6.45) is 2.04. The lowest BCUT2D eigenvalue weighted by Gasteiger charge is -2.22. The molecule has 4 aromatic rings. The third-order valence-corrected chi connectivity index (χ3v) is 5.94. The number of hydrogen-bond acceptors (Lipinski definition) is 7. The summed E-state index contributed by atoms with van der Waals surface area (Å²) in [4.78, 5) is 28.1. The third-order valence-electron chi connectivity index (χ3n) is 5.94. The number of methoxy groups -OCH3 is 1. The van der Waals surface area contributed by atoms with Gasteiger partial charge in [0.1, 0.15) is 18.6 Å². The molecule has 0 N–H and O–H groups in total. The lowest BCUT2D eigenvalue weighted by molar-refractivity contribution is -0.384. The fourth-order valence-electron chi connectivity index (χ4n) is 4.08. The van der Waals surface area contributed by atoms with Gasteiger partial charge in [0.2, 0.25) is 0 Å². The number of nitrogens with zero attached hydrogens (tertiary/aromatic N) is 6. The largest absolute Gasteiger partial charge is 0.497 e. The van der Waals surface area contributed by atoms with E-state index in [1.54, 1.807) is 19.2 Å². The van der Waals surface area contributed by atoms with Gasteiger partial charge >= 0.3 is 0 Å². The zero-order valence-electron chi connectivity index (χ0n) is 19.4. The fraction of sp³-hybridized carbons (Fsp3) is 0.154. The van der Waals surface area contributed by atoms with Crippen molar-refractivity contribution in [2.75, 3.05) is 7.11 Å². The van der Waals surface area contributed by atoms with Gasteiger partial charge in [0.25, 0.3) is 11.6 Å². The molecule has 1 aliphatic heterocycles. The Morgan fingerprint density at radius 2 is 1.75 bits per heavy atom. The van der Waals surface area contributed by atoms with Crippen molar-refractivity contribution in [3.8, 4) is 17.1 Å². The highest BCUT2D eigenvalue weighted by molar-refractivity contribution is 6.03. The van der Waals surface area contributed by atoms with Crippen LogP contribution < -0.4 is 4.74 Å². The van der Waals surface area contributed by atoms with Gasteiger partial charge in [-0.1, -0.05) is 42.5 Å². The molecule has 0 saturated heterocycles. The van der Waals surface area contributed by atoms with Crippen molar-refractivity contribution in [2.24, 2.45) is 5.10 Å². The van der Waals surface area contributed by atoms with E-state index in [-0.39, 0.29) is 24.2 Å². The lowest BCUT2D eigenvalue weighted by atomic mass is 9.98. The zero-order chi connectivity index (χ0) is 25.1. The molecule has 0 radical (unpaired) electrons. The van der Waals surface area contributed by atoms with Gasteiger partial charge in [-0.15, -0.1) is 0 Å². The molecule has 180 valence electrons. The van der Waals surface area contributed by atoms with Gasteiger partial charge < -0.3 is 4.74 Å². The molecule has 0 spiro atoms. The Morgan fingerprint density at radius 1 is 1.03 bits per heavy atom. The molecule has 1 unspecified atom stereocenters. The Kier molecular flexibility index (Phi) is 6.23. The van der Waals surface area contributed by atoms with E-state index in [4.69, 9.17) is 4.74 Å². The summed E-state index contributed by atoms with van der Waals surface area (Å²) in [6, 6.07) is 23.1. The van der Waals surface area contributed by atoms with Gasteiger partial charge in [-0.3, -0.25) is 14.9 Å². The number of hydrazone groups is 1. The minimum Gasteiger partial charge on any atom is -0.497 e. The molecular weight excluding hydrogens is 460 g/mol. The SMILES string of the molecule is COc1ccc(C2CC(c3ccccc3)=NN2C(=O)Cn2cnc(-c3ccc([N+](=O)[O-])cc3)n2)cc1. The van der Waals surface area contributed by atoms with Crippen LogP contribution in [0.1, 0.15) is 23.6 Å². The second-order valence-electron chi connectivity index (χ2n) is 8.21. The molecule has 1 aliphatic rings. The molecule has 2 heterocycles. The van der Waals surface area contributed by atoms with Gasteiger partial charge in [-0.05, 0) is 35.4 Å². The quantitative estimate of drug-likeness (QED) is 0.287. The van der Waals surface area contributed by atoms with Crippen molar-refractivity contribution < 1.29 is 14.5 Å². The maximum atomic E-state index is 13.4. The number of nitro groups is 1. The molecule has 36 heavy (non-hydrogen) atoms. The first-order valence-electron chi connectivity index (χ1n) is 11.2. The predicted molar refractivity (Wildman–Crippen MR) is 132 cm³/mol. The van der Waals surface area contributed by atoms with Crippen LogP contribution >= 0.6 is 0 Å². The first-order valence-corrected chi connectivity index (χ1v) is 11.2. The number of ether oxygens (including phenoxy) is 1. The first-order chi connectivity index (χ1) is 17.5. The minimum atomic E-state index is -0.464. The lowest BCUT2D eigenvalue weighted by Crippen LogP contribution is -2.30. The summed E-state index contributed by atoms with van der Waals surface area (Å²) in [5.41, 5.74) is 3.35. The number of nitro benzene ring substituents is 1. The Balaban J connectivity index is 1.38. The fourth-order valence-corrected chi connectivity index (χ4v) is 4.08. The van der Waals surface area contributed by atoms with Gasteiger partial charge in [0.05, 0.1) is 23.8 Å². The highest BCUT2D eigenvalue weighted by atomic mass is 16.6. The third kappa shape index (κ3) is 4.69. The molecule has 0 aliphatic carbocycles. The molecule has 3 aromatic carbocycles. The number of benzene rings is 3. The Bertz CT molecular complexity index is 1420. The Labute approximate surface area is 206 Å². The van der Waals surface area contributed by atoms with Crippen LogP contribution in [0.3, 0.4) is 0 Å². The minimum absolute atomic E-state index is 0.0148. The monoisotopic (exact) mass is 482 g/mol. The highest BCUT2D eigenvalue weighted by Crippen LogP contribution is 2.34.